The van der Waals surface area contributed by atoms with Crippen LogP contribution in [0.25, 0.3) is 11.0 Å². The Bertz CT molecular complexity index is 903. The summed E-state index contributed by atoms with van der Waals surface area (Å²) in [4.78, 5) is 23.1. The fourth-order valence-electron chi connectivity index (χ4n) is 3.28. The van der Waals surface area contributed by atoms with Crippen LogP contribution in [0.15, 0.2) is 36.5 Å². The molecule has 0 aliphatic carbocycles. The topological polar surface area (TPSA) is 70.1 Å². The second-order valence-corrected chi connectivity index (χ2v) is 6.37. The minimum atomic E-state index is 0.782. The first-order valence-electron chi connectivity index (χ1n) is 9.05. The van der Waals surface area contributed by atoms with Gasteiger partial charge in [-0.3, -0.25) is 0 Å². The third-order valence-electron chi connectivity index (χ3n) is 4.58. The molecule has 0 radical (unpaired) electrons. The predicted molar refractivity (Wildman–Crippen MR) is 105 cm³/mol. The van der Waals surface area contributed by atoms with Gasteiger partial charge in [0.25, 0.3) is 0 Å². The summed E-state index contributed by atoms with van der Waals surface area (Å²) in [6.07, 6.45) is 1.81. The number of benzene rings is 1. The molecule has 1 fully saturated rings. The lowest BCUT2D eigenvalue weighted by atomic mass is 10.2. The van der Waals surface area contributed by atoms with Crippen molar-refractivity contribution in [3.05, 3.63) is 42.2 Å². The Morgan fingerprint density at radius 2 is 1.62 bits per heavy atom. The Balaban J connectivity index is 1.50. The van der Waals surface area contributed by atoms with Crippen molar-refractivity contribution in [1.29, 1.82) is 0 Å². The summed E-state index contributed by atoms with van der Waals surface area (Å²) in [5.41, 5.74) is 2.86. The van der Waals surface area contributed by atoms with Crippen LogP contribution in [-0.4, -0.2) is 52.7 Å². The molecule has 7 nitrogen and oxygen atoms in total. The maximum atomic E-state index is 4.84. The number of piperazine rings is 1. The number of aromatic nitrogens is 4. The normalized spacial score (nSPS) is 14.7. The highest BCUT2D eigenvalue weighted by molar-refractivity contribution is 5.76. The smallest absolute Gasteiger partial charge is 0.227 e. The van der Waals surface area contributed by atoms with Gasteiger partial charge in [-0.2, -0.15) is 4.98 Å². The summed E-state index contributed by atoms with van der Waals surface area (Å²) in [6.45, 7) is 8.43. The van der Waals surface area contributed by atoms with Crippen LogP contribution in [0.3, 0.4) is 0 Å². The number of nitrogens with zero attached hydrogens (tertiary/aromatic N) is 6. The highest BCUT2D eigenvalue weighted by Gasteiger charge is 2.22. The van der Waals surface area contributed by atoms with Crippen LogP contribution in [0.1, 0.15) is 12.6 Å². The molecular weight excluding hydrogens is 326 g/mol. The number of nitrogens with one attached hydrogen (secondary N) is 1. The Hall–Kier alpha value is -2.96. The molecule has 0 spiro atoms. The van der Waals surface area contributed by atoms with Gasteiger partial charge in [-0.25, -0.2) is 15.0 Å². The van der Waals surface area contributed by atoms with E-state index in [0.717, 1.165) is 67.0 Å². The minimum Gasteiger partial charge on any atom is -0.370 e. The lowest BCUT2D eigenvalue weighted by Crippen LogP contribution is -2.47. The quantitative estimate of drug-likeness (QED) is 0.776. The van der Waals surface area contributed by atoms with Crippen LogP contribution in [-0.2, 0) is 0 Å². The van der Waals surface area contributed by atoms with Gasteiger partial charge >= 0.3 is 0 Å². The van der Waals surface area contributed by atoms with Gasteiger partial charge in [-0.05, 0) is 32.0 Å². The van der Waals surface area contributed by atoms with Crippen molar-refractivity contribution in [2.24, 2.45) is 0 Å². The van der Waals surface area contributed by atoms with E-state index in [0.29, 0.717) is 0 Å². The van der Waals surface area contributed by atoms with Crippen LogP contribution < -0.4 is 15.1 Å². The van der Waals surface area contributed by atoms with Crippen molar-refractivity contribution in [2.45, 2.75) is 13.8 Å². The lowest BCUT2D eigenvalue weighted by molar-refractivity contribution is 0.633. The fraction of sp³-hybridized carbons (Fsp3) is 0.368. The van der Waals surface area contributed by atoms with Crippen LogP contribution in [0.4, 0.5) is 17.6 Å². The molecule has 1 N–H and O–H groups in total. The average Bonchev–Trinajstić information content (AvgIpc) is 2.68. The van der Waals surface area contributed by atoms with Gasteiger partial charge in [-0.15, -0.1) is 0 Å². The Morgan fingerprint density at radius 3 is 2.35 bits per heavy atom. The molecule has 3 heterocycles. The van der Waals surface area contributed by atoms with E-state index in [9.17, 15) is 0 Å². The molecule has 0 unspecified atom stereocenters. The van der Waals surface area contributed by atoms with Crippen LogP contribution in [0.5, 0.6) is 0 Å². The van der Waals surface area contributed by atoms with Gasteiger partial charge < -0.3 is 15.1 Å². The zero-order valence-electron chi connectivity index (χ0n) is 15.2. The maximum absolute atomic E-state index is 4.84. The van der Waals surface area contributed by atoms with E-state index in [4.69, 9.17) is 9.97 Å². The molecular formula is C19H23N7. The highest BCUT2D eigenvalue weighted by atomic mass is 15.3. The maximum Gasteiger partial charge on any atom is 0.227 e. The van der Waals surface area contributed by atoms with E-state index in [1.165, 1.54) is 0 Å². The van der Waals surface area contributed by atoms with Crippen molar-refractivity contribution in [3.63, 3.8) is 0 Å². The molecule has 2 aromatic heterocycles. The summed E-state index contributed by atoms with van der Waals surface area (Å²) in [5.74, 6) is 2.63. The van der Waals surface area contributed by atoms with Gasteiger partial charge in [0.2, 0.25) is 5.95 Å². The van der Waals surface area contributed by atoms with E-state index in [2.05, 4.69) is 32.0 Å². The first-order chi connectivity index (χ1) is 12.7. The number of fused-ring (bicyclic) bond motifs is 1. The molecule has 7 heteroatoms. The van der Waals surface area contributed by atoms with E-state index in [-0.39, 0.29) is 0 Å². The Kier molecular flexibility index (Phi) is 4.51. The van der Waals surface area contributed by atoms with E-state index < -0.39 is 0 Å². The highest BCUT2D eigenvalue weighted by Crippen LogP contribution is 2.22. The third-order valence-corrected chi connectivity index (χ3v) is 4.58. The van der Waals surface area contributed by atoms with Crippen LogP contribution in [0.2, 0.25) is 0 Å². The van der Waals surface area contributed by atoms with Crippen molar-refractivity contribution in [1.82, 2.24) is 19.9 Å². The molecule has 26 heavy (non-hydrogen) atoms. The van der Waals surface area contributed by atoms with E-state index in [1.54, 1.807) is 0 Å². The summed E-state index contributed by atoms with van der Waals surface area (Å²) in [5, 5.41) is 3.24. The number of para-hydroxylation sites is 2. The zero-order chi connectivity index (χ0) is 17.9. The number of hydrogen-bond donors (Lipinski definition) is 1. The lowest BCUT2D eigenvalue weighted by Gasteiger charge is -2.35. The molecule has 0 amide bonds. The Morgan fingerprint density at radius 1 is 0.923 bits per heavy atom. The largest absolute Gasteiger partial charge is 0.370 e. The second kappa shape index (κ2) is 7.11. The number of rotatable bonds is 4. The second-order valence-electron chi connectivity index (χ2n) is 6.37. The van der Waals surface area contributed by atoms with Gasteiger partial charge in [0.05, 0.1) is 16.7 Å². The molecule has 1 aliphatic rings. The molecule has 1 saturated heterocycles. The number of hydrogen-bond acceptors (Lipinski definition) is 7. The first-order valence-corrected chi connectivity index (χ1v) is 9.05. The summed E-state index contributed by atoms with van der Waals surface area (Å²) < 4.78 is 0. The third kappa shape index (κ3) is 3.24. The molecule has 1 aromatic carbocycles. The predicted octanol–water partition coefficient (Wildman–Crippen LogP) is 2.49. The first kappa shape index (κ1) is 16.5. The minimum absolute atomic E-state index is 0.782. The van der Waals surface area contributed by atoms with Gasteiger partial charge in [-0.1, -0.05) is 12.1 Å². The van der Waals surface area contributed by atoms with Gasteiger partial charge in [0.1, 0.15) is 5.82 Å². The van der Waals surface area contributed by atoms with Crippen molar-refractivity contribution in [2.75, 3.05) is 47.8 Å². The summed E-state index contributed by atoms with van der Waals surface area (Å²) in [6, 6.07) is 9.92. The Labute approximate surface area is 153 Å². The van der Waals surface area contributed by atoms with Crippen LogP contribution >= 0.6 is 0 Å². The monoisotopic (exact) mass is 349 g/mol. The van der Waals surface area contributed by atoms with E-state index >= 15 is 0 Å². The standard InChI is InChI=1S/C19H23N7/c1-3-20-17-8-9-21-19(24-17)26-12-10-25(11-13-26)18-14(2)22-15-6-4-5-7-16(15)23-18/h4-9H,3,10-13H2,1-2H3,(H,20,21,24). The van der Waals surface area contributed by atoms with E-state index in [1.807, 2.05) is 43.5 Å². The van der Waals surface area contributed by atoms with Gasteiger partial charge in [0.15, 0.2) is 5.82 Å². The fourth-order valence-corrected chi connectivity index (χ4v) is 3.28. The average molecular weight is 349 g/mol. The molecule has 134 valence electrons. The number of aryl methyl sites for hydroxylation is 1. The van der Waals surface area contributed by atoms with Crippen molar-refractivity contribution < 1.29 is 0 Å². The number of anilines is 3. The SMILES string of the molecule is CCNc1ccnc(N2CCN(c3nc4ccccc4nc3C)CC2)n1. The summed E-state index contributed by atoms with van der Waals surface area (Å²) in [7, 11) is 0. The molecule has 0 saturated carbocycles. The van der Waals surface area contributed by atoms with Crippen LogP contribution in [0, 0.1) is 6.92 Å². The molecule has 1 aliphatic heterocycles. The summed E-state index contributed by atoms with van der Waals surface area (Å²) >= 11 is 0. The van der Waals surface area contributed by atoms with Crippen molar-refractivity contribution >= 4 is 28.6 Å². The molecule has 0 bridgehead atoms. The van der Waals surface area contributed by atoms with Gasteiger partial charge in [0, 0.05) is 38.9 Å². The molecule has 0 atom stereocenters. The molecule has 3 aromatic rings. The van der Waals surface area contributed by atoms with Crippen molar-refractivity contribution in [3.8, 4) is 0 Å². The molecule has 4 rings (SSSR count). The zero-order valence-corrected chi connectivity index (χ0v) is 15.2.